The number of nitrogens with one attached hydrogen (secondary N) is 1. The van der Waals surface area contributed by atoms with E-state index in [0.717, 1.165) is 49.3 Å². The number of likely N-dealkylation sites (tertiary alicyclic amines) is 1. The molecule has 140 valence electrons. The summed E-state index contributed by atoms with van der Waals surface area (Å²) in [5.74, 6) is -0.401. The summed E-state index contributed by atoms with van der Waals surface area (Å²) in [5, 5.41) is 2.97. The Morgan fingerprint density at radius 2 is 2.08 bits per heavy atom. The number of nitrogens with two attached hydrogens (primary N) is 1. The molecule has 1 aromatic rings. The molecule has 7 nitrogen and oxygen atoms in total. The van der Waals surface area contributed by atoms with Gasteiger partial charge in [0.2, 0.25) is 17.7 Å². The molecule has 7 heteroatoms. The van der Waals surface area contributed by atoms with Gasteiger partial charge in [0.1, 0.15) is 0 Å². The number of anilines is 2. The van der Waals surface area contributed by atoms with Crippen LogP contribution in [0.4, 0.5) is 11.4 Å². The summed E-state index contributed by atoms with van der Waals surface area (Å²) in [6, 6.07) is 5.65. The Kier molecular flexibility index (Phi) is 5.56. The summed E-state index contributed by atoms with van der Waals surface area (Å²) < 4.78 is 0. The van der Waals surface area contributed by atoms with E-state index in [1.54, 1.807) is 0 Å². The number of carbonyl (C=O) groups is 3. The summed E-state index contributed by atoms with van der Waals surface area (Å²) in [5.41, 5.74) is 7.87. The van der Waals surface area contributed by atoms with E-state index in [4.69, 9.17) is 5.73 Å². The predicted octanol–water partition coefficient (Wildman–Crippen LogP) is 1.26. The molecule has 26 heavy (non-hydrogen) atoms. The molecule has 3 N–H and O–H groups in total. The van der Waals surface area contributed by atoms with Crippen molar-refractivity contribution in [1.29, 1.82) is 0 Å². The minimum atomic E-state index is -0.367. The number of hydrogen-bond donors (Lipinski definition) is 2. The Hall–Kier alpha value is -2.41. The third kappa shape index (κ3) is 4.22. The zero-order valence-corrected chi connectivity index (χ0v) is 15.2. The molecular weight excluding hydrogens is 332 g/mol. The van der Waals surface area contributed by atoms with Gasteiger partial charge in [-0.15, -0.1) is 0 Å². The second kappa shape index (κ2) is 7.86. The topological polar surface area (TPSA) is 95.7 Å². The minimum Gasteiger partial charge on any atom is -0.369 e. The number of amides is 3. The van der Waals surface area contributed by atoms with Gasteiger partial charge in [0, 0.05) is 30.9 Å². The van der Waals surface area contributed by atoms with Crippen molar-refractivity contribution in [3.05, 3.63) is 23.8 Å². The second-order valence-corrected chi connectivity index (χ2v) is 7.18. The number of aryl methyl sites for hydroxylation is 1. The largest absolute Gasteiger partial charge is 0.369 e. The first kappa shape index (κ1) is 18.4. The SMILES string of the molecule is Cc1cc(NC(=O)C2CCCN(CC(N)=O)C2)ccc1N1CCCC1=O. The number of piperidine rings is 1. The first-order valence-corrected chi connectivity index (χ1v) is 9.16. The van der Waals surface area contributed by atoms with Crippen LogP contribution >= 0.6 is 0 Å². The third-order valence-corrected chi connectivity index (χ3v) is 5.08. The fourth-order valence-electron chi connectivity index (χ4n) is 3.82. The zero-order chi connectivity index (χ0) is 18.7. The lowest BCUT2D eigenvalue weighted by Gasteiger charge is -2.31. The van der Waals surface area contributed by atoms with Crippen molar-refractivity contribution >= 4 is 29.1 Å². The molecule has 0 saturated carbocycles. The molecule has 0 radical (unpaired) electrons. The Morgan fingerprint density at radius 1 is 1.27 bits per heavy atom. The summed E-state index contributed by atoms with van der Waals surface area (Å²) >= 11 is 0. The molecule has 2 saturated heterocycles. The predicted molar refractivity (Wildman–Crippen MR) is 99.8 cm³/mol. The highest BCUT2D eigenvalue weighted by atomic mass is 16.2. The molecule has 2 aliphatic rings. The van der Waals surface area contributed by atoms with Gasteiger partial charge in [0.05, 0.1) is 12.5 Å². The summed E-state index contributed by atoms with van der Waals surface area (Å²) in [6.45, 7) is 4.24. The van der Waals surface area contributed by atoms with E-state index in [1.165, 1.54) is 0 Å². The van der Waals surface area contributed by atoms with E-state index in [-0.39, 0.29) is 30.2 Å². The number of benzene rings is 1. The van der Waals surface area contributed by atoms with Gasteiger partial charge in [-0.3, -0.25) is 19.3 Å². The zero-order valence-electron chi connectivity index (χ0n) is 15.2. The maximum absolute atomic E-state index is 12.6. The molecule has 1 atom stereocenters. The Balaban J connectivity index is 1.63. The molecular formula is C19H26N4O3. The average molecular weight is 358 g/mol. The molecule has 3 rings (SSSR count). The van der Waals surface area contributed by atoms with Gasteiger partial charge in [0.15, 0.2) is 0 Å². The Morgan fingerprint density at radius 3 is 2.73 bits per heavy atom. The standard InChI is InChI=1S/C19H26N4O3/c1-13-10-15(6-7-16(13)23-9-3-5-18(23)25)21-19(26)14-4-2-8-22(11-14)12-17(20)24/h6-7,10,14H,2-5,8-9,11-12H2,1H3,(H2,20,24)(H,21,26). The molecule has 1 unspecified atom stereocenters. The van der Waals surface area contributed by atoms with E-state index >= 15 is 0 Å². The van der Waals surface area contributed by atoms with Crippen LogP contribution < -0.4 is 16.0 Å². The van der Waals surface area contributed by atoms with Crippen LogP contribution in [0.25, 0.3) is 0 Å². The highest BCUT2D eigenvalue weighted by Crippen LogP contribution is 2.28. The quantitative estimate of drug-likeness (QED) is 0.828. The highest BCUT2D eigenvalue weighted by molar-refractivity contribution is 5.97. The molecule has 2 heterocycles. The van der Waals surface area contributed by atoms with Gasteiger partial charge < -0.3 is 16.0 Å². The van der Waals surface area contributed by atoms with Crippen molar-refractivity contribution < 1.29 is 14.4 Å². The maximum Gasteiger partial charge on any atom is 0.231 e. The van der Waals surface area contributed by atoms with Crippen LogP contribution in [0.3, 0.4) is 0 Å². The maximum atomic E-state index is 12.6. The van der Waals surface area contributed by atoms with E-state index in [9.17, 15) is 14.4 Å². The van der Waals surface area contributed by atoms with Crippen LogP contribution in [0.5, 0.6) is 0 Å². The monoisotopic (exact) mass is 358 g/mol. The van der Waals surface area contributed by atoms with Crippen LogP contribution in [0.2, 0.25) is 0 Å². The molecule has 0 aromatic heterocycles. The van der Waals surface area contributed by atoms with Gasteiger partial charge in [0.25, 0.3) is 0 Å². The number of primary amides is 1. The van der Waals surface area contributed by atoms with E-state index in [1.807, 2.05) is 34.9 Å². The van der Waals surface area contributed by atoms with Crippen LogP contribution in [0.1, 0.15) is 31.2 Å². The summed E-state index contributed by atoms with van der Waals surface area (Å²) in [6.07, 6.45) is 3.17. The smallest absolute Gasteiger partial charge is 0.231 e. The van der Waals surface area contributed by atoms with E-state index < -0.39 is 0 Å². The van der Waals surface area contributed by atoms with Gasteiger partial charge in [-0.2, -0.15) is 0 Å². The lowest BCUT2D eigenvalue weighted by molar-refractivity contribution is -0.124. The molecule has 0 spiro atoms. The van der Waals surface area contributed by atoms with Crippen molar-refractivity contribution in [2.75, 3.05) is 36.4 Å². The third-order valence-electron chi connectivity index (χ3n) is 5.08. The van der Waals surface area contributed by atoms with Crippen molar-refractivity contribution in [1.82, 2.24) is 4.90 Å². The fraction of sp³-hybridized carbons (Fsp3) is 0.526. The Bertz CT molecular complexity index is 719. The summed E-state index contributed by atoms with van der Waals surface area (Å²) in [4.78, 5) is 39.3. The van der Waals surface area contributed by atoms with Crippen molar-refractivity contribution in [3.8, 4) is 0 Å². The first-order valence-electron chi connectivity index (χ1n) is 9.16. The molecule has 0 bridgehead atoms. The average Bonchev–Trinajstić information content (AvgIpc) is 3.00. The van der Waals surface area contributed by atoms with Crippen LogP contribution in [-0.2, 0) is 14.4 Å². The van der Waals surface area contributed by atoms with E-state index in [0.29, 0.717) is 13.0 Å². The number of carbonyl (C=O) groups excluding carboxylic acids is 3. The number of hydrogen-bond acceptors (Lipinski definition) is 4. The second-order valence-electron chi connectivity index (χ2n) is 7.18. The van der Waals surface area contributed by atoms with Crippen LogP contribution in [-0.4, -0.2) is 48.8 Å². The van der Waals surface area contributed by atoms with Gasteiger partial charge in [-0.25, -0.2) is 0 Å². The highest BCUT2D eigenvalue weighted by Gasteiger charge is 2.27. The molecule has 2 fully saturated rings. The molecule has 1 aromatic carbocycles. The minimum absolute atomic E-state index is 0.0384. The molecule has 0 aliphatic carbocycles. The first-order chi connectivity index (χ1) is 12.4. The lowest BCUT2D eigenvalue weighted by atomic mass is 9.97. The number of nitrogens with zero attached hydrogens (tertiary/aromatic N) is 2. The van der Waals surface area contributed by atoms with Crippen molar-refractivity contribution in [2.45, 2.75) is 32.6 Å². The van der Waals surface area contributed by atoms with Crippen LogP contribution in [0, 0.1) is 12.8 Å². The molecule has 3 amide bonds. The van der Waals surface area contributed by atoms with Crippen molar-refractivity contribution in [3.63, 3.8) is 0 Å². The van der Waals surface area contributed by atoms with E-state index in [2.05, 4.69) is 5.32 Å². The van der Waals surface area contributed by atoms with Gasteiger partial charge in [-0.05, 0) is 56.5 Å². The lowest BCUT2D eigenvalue weighted by Crippen LogP contribution is -2.44. The number of rotatable bonds is 5. The van der Waals surface area contributed by atoms with Gasteiger partial charge >= 0.3 is 0 Å². The fourth-order valence-corrected chi connectivity index (χ4v) is 3.82. The Labute approximate surface area is 153 Å². The van der Waals surface area contributed by atoms with Crippen LogP contribution in [0.15, 0.2) is 18.2 Å². The summed E-state index contributed by atoms with van der Waals surface area (Å²) in [7, 11) is 0. The molecule has 2 aliphatic heterocycles. The normalized spacial score (nSPS) is 21.0. The van der Waals surface area contributed by atoms with Gasteiger partial charge in [-0.1, -0.05) is 0 Å². The van der Waals surface area contributed by atoms with Crippen molar-refractivity contribution in [2.24, 2.45) is 11.7 Å².